The van der Waals surface area contributed by atoms with Crippen LogP contribution in [0.1, 0.15) is 28.3 Å². The van der Waals surface area contributed by atoms with Gasteiger partial charge >= 0.3 is 0 Å². The van der Waals surface area contributed by atoms with Crippen molar-refractivity contribution < 1.29 is 23.3 Å². The molecule has 36 heavy (non-hydrogen) atoms. The average molecular weight is 556 g/mol. The predicted octanol–water partition coefficient (Wildman–Crippen LogP) is 2.98. The number of amides is 2. The van der Waals surface area contributed by atoms with Crippen molar-refractivity contribution in [3.05, 3.63) is 69.5 Å². The number of nitrogens with one attached hydrogen (secondary N) is 2. The molecule has 4 rings (SSSR count). The maximum atomic E-state index is 13.2. The highest BCUT2D eigenvalue weighted by atomic mass is 35.5. The Morgan fingerprint density at radius 2 is 1.86 bits per heavy atom. The minimum absolute atomic E-state index is 0.00824. The second-order valence-electron chi connectivity index (χ2n) is 8.86. The molecule has 2 aromatic rings. The van der Waals surface area contributed by atoms with Crippen LogP contribution in [-0.4, -0.2) is 77.7 Å². The smallest absolute Gasteiger partial charge is 0.252 e. The van der Waals surface area contributed by atoms with Crippen LogP contribution >= 0.6 is 23.2 Å². The van der Waals surface area contributed by atoms with Gasteiger partial charge in [-0.25, -0.2) is 4.39 Å². The van der Waals surface area contributed by atoms with Crippen molar-refractivity contribution in [3.63, 3.8) is 0 Å². The van der Waals surface area contributed by atoms with E-state index in [9.17, 15) is 18.5 Å². The summed E-state index contributed by atoms with van der Waals surface area (Å²) in [6.45, 7) is 2.17. The second kappa shape index (κ2) is 12.6. The van der Waals surface area contributed by atoms with E-state index in [4.69, 9.17) is 27.9 Å². The highest BCUT2D eigenvalue weighted by molar-refractivity contribution is 7.91. The third-order valence-corrected chi connectivity index (χ3v) is 8.39. The van der Waals surface area contributed by atoms with Crippen molar-refractivity contribution in [2.75, 3.05) is 44.4 Å². The van der Waals surface area contributed by atoms with E-state index in [2.05, 4.69) is 10.6 Å². The van der Waals surface area contributed by atoms with Crippen LogP contribution in [0.15, 0.2) is 42.5 Å². The number of carbonyl (C=O) groups excluding carboxylic acids is 2. The molecule has 2 N–H and O–H groups in total. The Morgan fingerprint density at radius 1 is 1.14 bits per heavy atom. The normalized spacial score (nSPS) is 21.1. The summed E-state index contributed by atoms with van der Waals surface area (Å²) in [5.74, 6) is -0.608. The van der Waals surface area contributed by atoms with E-state index >= 15 is 0 Å². The van der Waals surface area contributed by atoms with Gasteiger partial charge in [-0.3, -0.25) is 9.59 Å². The molecule has 1 saturated heterocycles. The molecule has 2 aromatic carbocycles. The molecule has 1 unspecified atom stereocenters. The lowest BCUT2D eigenvalue weighted by Crippen LogP contribution is -2.54. The van der Waals surface area contributed by atoms with Gasteiger partial charge in [-0.2, -0.15) is 0 Å². The summed E-state index contributed by atoms with van der Waals surface area (Å²) in [7, 11) is 0. The fourth-order valence-electron chi connectivity index (χ4n) is 4.18. The van der Waals surface area contributed by atoms with Gasteiger partial charge in [0.05, 0.1) is 23.3 Å². The first-order valence-electron chi connectivity index (χ1n) is 11.8. The first-order valence-corrected chi connectivity index (χ1v) is 14.0. The van der Waals surface area contributed by atoms with Gasteiger partial charge in [-0.1, -0.05) is 29.3 Å². The Morgan fingerprint density at radius 3 is 2.56 bits per heavy atom. The number of ether oxygens (including phenoxy) is 1. The van der Waals surface area contributed by atoms with Crippen LogP contribution in [-0.2, 0) is 20.7 Å². The molecule has 2 aliphatic rings. The predicted molar refractivity (Wildman–Crippen MR) is 139 cm³/mol. The van der Waals surface area contributed by atoms with Crippen molar-refractivity contribution in [2.24, 2.45) is 0 Å². The van der Waals surface area contributed by atoms with Gasteiger partial charge in [-0.05, 0) is 59.6 Å². The average Bonchev–Trinajstić information content (AvgIpc) is 3.65. The van der Waals surface area contributed by atoms with Crippen molar-refractivity contribution in [1.29, 1.82) is 0 Å². The lowest BCUT2D eigenvalue weighted by atomic mass is 10.1. The minimum atomic E-state index is -1.36. The molecule has 2 amide bonds. The summed E-state index contributed by atoms with van der Waals surface area (Å²) in [5.41, 5.74) is 1.34. The largest absolute Gasteiger partial charge is 0.616 e. The molecule has 0 aromatic heterocycles. The Hall–Kier alpha value is -1.88. The number of hydrogen-bond donors (Lipinski definition) is 2. The van der Waals surface area contributed by atoms with Crippen LogP contribution in [0.25, 0.3) is 0 Å². The standard InChI is InChI=1S/C25H28Cl2FN3O4S/c26-20-6-3-17(13-21(20)27)19-14-22(19)29-7-12-36(34)15-23(25(33)31-8-10-35-11-9-31)30-24(32)16-1-4-18(28)5-2-16/h1-6,13,19,22-23,29H,7-12,14-15H2,(H,30,32)/t19-,22+,23-,36?/m0/s1. The highest BCUT2D eigenvalue weighted by Crippen LogP contribution is 2.42. The van der Waals surface area contributed by atoms with E-state index in [1.807, 2.05) is 12.1 Å². The van der Waals surface area contributed by atoms with Crippen LogP contribution in [0.5, 0.6) is 0 Å². The zero-order chi connectivity index (χ0) is 25.7. The number of rotatable bonds is 10. The van der Waals surface area contributed by atoms with E-state index in [0.717, 1.165) is 12.0 Å². The zero-order valence-electron chi connectivity index (χ0n) is 19.6. The fraction of sp³-hybridized carbons (Fsp3) is 0.440. The summed E-state index contributed by atoms with van der Waals surface area (Å²) < 4.78 is 31.4. The molecule has 4 atom stereocenters. The van der Waals surface area contributed by atoms with E-state index in [1.165, 1.54) is 24.3 Å². The maximum Gasteiger partial charge on any atom is 0.252 e. The summed E-state index contributed by atoms with van der Waals surface area (Å²) >= 11 is 10.7. The summed E-state index contributed by atoms with van der Waals surface area (Å²) in [4.78, 5) is 27.4. The summed E-state index contributed by atoms with van der Waals surface area (Å²) in [6.07, 6.45) is 0.955. The molecule has 11 heteroatoms. The molecular weight excluding hydrogens is 528 g/mol. The van der Waals surface area contributed by atoms with Crippen LogP contribution < -0.4 is 10.6 Å². The first-order chi connectivity index (χ1) is 17.3. The van der Waals surface area contributed by atoms with Crippen LogP contribution in [0.4, 0.5) is 4.39 Å². The van der Waals surface area contributed by atoms with Gasteiger partial charge in [0.15, 0.2) is 6.04 Å². The van der Waals surface area contributed by atoms with Gasteiger partial charge in [0.1, 0.15) is 17.3 Å². The van der Waals surface area contributed by atoms with Crippen molar-refractivity contribution in [3.8, 4) is 0 Å². The third-order valence-electron chi connectivity index (χ3n) is 6.28. The molecular formula is C25H28Cl2FN3O4S. The monoisotopic (exact) mass is 555 g/mol. The number of hydrogen-bond acceptors (Lipinski definition) is 5. The van der Waals surface area contributed by atoms with Crippen LogP contribution in [0, 0.1) is 5.82 Å². The Bertz CT molecular complexity index is 1070. The number of carbonyl (C=O) groups is 2. The second-order valence-corrected chi connectivity index (χ2v) is 11.3. The molecule has 1 heterocycles. The molecule has 1 aliphatic heterocycles. The quantitative estimate of drug-likeness (QED) is 0.439. The Kier molecular flexibility index (Phi) is 9.49. The van der Waals surface area contributed by atoms with E-state index in [0.29, 0.717) is 54.6 Å². The molecule has 1 saturated carbocycles. The van der Waals surface area contributed by atoms with Gasteiger partial charge in [0, 0.05) is 37.2 Å². The fourth-order valence-corrected chi connectivity index (χ4v) is 5.60. The molecule has 1 aliphatic carbocycles. The minimum Gasteiger partial charge on any atom is -0.616 e. The van der Waals surface area contributed by atoms with Gasteiger partial charge < -0.3 is 24.8 Å². The third kappa shape index (κ3) is 7.34. The molecule has 194 valence electrons. The molecule has 0 spiro atoms. The molecule has 0 radical (unpaired) electrons. The molecule has 2 fully saturated rings. The van der Waals surface area contributed by atoms with Crippen LogP contribution in [0.3, 0.4) is 0 Å². The van der Waals surface area contributed by atoms with E-state index in [-0.39, 0.29) is 23.3 Å². The van der Waals surface area contributed by atoms with Crippen molar-refractivity contribution in [2.45, 2.75) is 24.4 Å². The maximum absolute atomic E-state index is 13.2. The SMILES string of the molecule is O=C(N[C@@H](C[S+]([O-])CCN[C@@H]1C[C@H]1c1ccc(Cl)c(Cl)c1)C(=O)N1CCOCC1)c1ccc(F)cc1. The number of morpholine rings is 1. The van der Waals surface area contributed by atoms with E-state index < -0.39 is 28.9 Å². The number of nitrogens with zero attached hydrogens (tertiary/aromatic N) is 1. The summed E-state index contributed by atoms with van der Waals surface area (Å²) in [5, 5.41) is 7.15. The first kappa shape index (κ1) is 27.2. The molecule has 7 nitrogen and oxygen atoms in total. The van der Waals surface area contributed by atoms with E-state index in [1.54, 1.807) is 11.0 Å². The highest BCUT2D eigenvalue weighted by Gasteiger charge is 2.38. The summed E-state index contributed by atoms with van der Waals surface area (Å²) in [6, 6.07) is 10.00. The topological polar surface area (TPSA) is 93.7 Å². The van der Waals surface area contributed by atoms with Crippen molar-refractivity contribution >= 4 is 46.2 Å². The number of benzene rings is 2. The van der Waals surface area contributed by atoms with Crippen LogP contribution in [0.2, 0.25) is 10.0 Å². The van der Waals surface area contributed by atoms with Gasteiger partial charge in [-0.15, -0.1) is 0 Å². The van der Waals surface area contributed by atoms with Gasteiger partial charge in [0.2, 0.25) is 5.91 Å². The molecule has 0 bridgehead atoms. The van der Waals surface area contributed by atoms with Gasteiger partial charge in [0.25, 0.3) is 5.91 Å². The number of halogens is 3. The lowest BCUT2D eigenvalue weighted by Gasteiger charge is -2.30. The van der Waals surface area contributed by atoms with Crippen molar-refractivity contribution in [1.82, 2.24) is 15.5 Å². The zero-order valence-corrected chi connectivity index (χ0v) is 21.9. The lowest BCUT2D eigenvalue weighted by molar-refractivity contribution is -0.136. The Labute approximate surface area is 222 Å². The Balaban J connectivity index is 1.30.